The molecule has 1 saturated heterocycles. The number of rotatable bonds is 5. The molecule has 4 nitrogen and oxygen atoms in total. The molecule has 1 N–H and O–H groups in total. The number of aryl methyl sites for hydroxylation is 1. The summed E-state index contributed by atoms with van der Waals surface area (Å²) in [7, 11) is 0. The quantitative estimate of drug-likeness (QED) is 0.835. The average molecular weight is 234 g/mol. The number of nitrogens with zero attached hydrogens (tertiary/aromatic N) is 3. The smallest absolute Gasteiger partial charge is 0.125 e. The molecule has 4 heteroatoms. The molecule has 1 aromatic heterocycles. The monoisotopic (exact) mass is 234 g/mol. The van der Waals surface area contributed by atoms with Crippen molar-refractivity contribution in [3.05, 3.63) is 23.8 Å². The predicted octanol–water partition coefficient (Wildman–Crippen LogP) is 1.36. The van der Waals surface area contributed by atoms with Crippen molar-refractivity contribution in [3.63, 3.8) is 0 Å². The number of hydrogen-bond acceptors (Lipinski definition) is 4. The molecule has 1 aromatic rings. The van der Waals surface area contributed by atoms with Gasteiger partial charge in [0.05, 0.1) is 5.69 Å². The third-order valence-corrected chi connectivity index (χ3v) is 3.31. The van der Waals surface area contributed by atoms with E-state index in [0.717, 1.165) is 31.2 Å². The van der Waals surface area contributed by atoms with Crippen LogP contribution in [-0.4, -0.2) is 40.5 Å². The van der Waals surface area contributed by atoms with Gasteiger partial charge in [-0.2, -0.15) is 0 Å². The van der Waals surface area contributed by atoms with Crippen LogP contribution in [0.4, 0.5) is 0 Å². The van der Waals surface area contributed by atoms with Gasteiger partial charge in [0.15, 0.2) is 0 Å². The predicted molar refractivity (Wildman–Crippen MR) is 68.7 cm³/mol. The summed E-state index contributed by atoms with van der Waals surface area (Å²) in [6, 6.07) is 2.68. The van der Waals surface area contributed by atoms with E-state index in [1.54, 1.807) is 0 Å². The second-order valence-corrected chi connectivity index (χ2v) is 4.72. The lowest BCUT2D eigenvalue weighted by atomic mass is 10.2. The first kappa shape index (κ1) is 12.5. The summed E-state index contributed by atoms with van der Waals surface area (Å²) in [6.45, 7) is 8.45. The van der Waals surface area contributed by atoms with Gasteiger partial charge in [-0.15, -0.1) is 0 Å². The molecule has 1 atom stereocenters. The minimum absolute atomic E-state index is 0.665. The van der Waals surface area contributed by atoms with Crippen LogP contribution in [-0.2, 0) is 6.54 Å². The summed E-state index contributed by atoms with van der Waals surface area (Å²) in [4.78, 5) is 11.0. The van der Waals surface area contributed by atoms with E-state index >= 15 is 0 Å². The molecular weight excluding hydrogens is 212 g/mol. The Balaban J connectivity index is 1.90. The molecule has 0 amide bonds. The van der Waals surface area contributed by atoms with Crippen LogP contribution < -0.4 is 5.32 Å². The summed E-state index contributed by atoms with van der Waals surface area (Å²) >= 11 is 0. The zero-order valence-corrected chi connectivity index (χ0v) is 10.8. The Morgan fingerprint density at radius 2 is 2.41 bits per heavy atom. The number of hydrogen-bond donors (Lipinski definition) is 1. The van der Waals surface area contributed by atoms with Crippen molar-refractivity contribution in [2.45, 2.75) is 39.3 Å². The van der Waals surface area contributed by atoms with E-state index in [4.69, 9.17) is 0 Å². The highest BCUT2D eigenvalue weighted by atomic mass is 15.2. The number of likely N-dealkylation sites (N-methyl/N-ethyl adjacent to an activating group) is 1. The number of nitrogens with one attached hydrogen (secondary N) is 1. The van der Waals surface area contributed by atoms with E-state index in [9.17, 15) is 0 Å². The zero-order chi connectivity index (χ0) is 12.1. The largest absolute Gasteiger partial charge is 0.313 e. The third-order valence-electron chi connectivity index (χ3n) is 3.31. The molecule has 1 aliphatic heterocycles. The average Bonchev–Trinajstić information content (AvgIpc) is 2.81. The van der Waals surface area contributed by atoms with Gasteiger partial charge in [-0.25, -0.2) is 9.97 Å². The van der Waals surface area contributed by atoms with Crippen molar-refractivity contribution < 1.29 is 0 Å². The van der Waals surface area contributed by atoms with Gasteiger partial charge in [-0.1, -0.05) is 6.92 Å². The van der Waals surface area contributed by atoms with Crippen molar-refractivity contribution in [1.82, 2.24) is 20.2 Å². The molecule has 0 radical (unpaired) electrons. The number of aromatic nitrogens is 2. The maximum Gasteiger partial charge on any atom is 0.125 e. The molecule has 0 bridgehead atoms. The summed E-state index contributed by atoms with van der Waals surface area (Å²) in [6.07, 6.45) is 4.47. The lowest BCUT2D eigenvalue weighted by molar-refractivity contribution is 0.250. The Hall–Kier alpha value is -1.00. The van der Waals surface area contributed by atoms with Crippen LogP contribution in [0.25, 0.3) is 0 Å². The molecule has 2 rings (SSSR count). The Labute approximate surface area is 103 Å². The van der Waals surface area contributed by atoms with Crippen molar-refractivity contribution in [2.24, 2.45) is 0 Å². The highest BCUT2D eigenvalue weighted by Gasteiger charge is 2.17. The van der Waals surface area contributed by atoms with Crippen molar-refractivity contribution >= 4 is 0 Å². The van der Waals surface area contributed by atoms with Crippen LogP contribution in [0.5, 0.6) is 0 Å². The van der Waals surface area contributed by atoms with Crippen molar-refractivity contribution in [2.75, 3.05) is 19.6 Å². The first-order chi connectivity index (χ1) is 8.28. The molecule has 0 spiro atoms. The van der Waals surface area contributed by atoms with E-state index in [2.05, 4.69) is 27.1 Å². The van der Waals surface area contributed by atoms with Gasteiger partial charge in [-0.3, -0.25) is 4.90 Å². The molecule has 94 valence electrons. The standard InChI is InChI=1S/C13H22N4/c1-3-17(9-12-5-4-7-15-12)10-13-6-8-14-11(2)16-13/h6,8,12,15H,3-5,7,9-10H2,1-2H3. The molecule has 0 aliphatic carbocycles. The second-order valence-electron chi connectivity index (χ2n) is 4.72. The van der Waals surface area contributed by atoms with Crippen LogP contribution in [0.2, 0.25) is 0 Å². The second kappa shape index (κ2) is 6.07. The maximum atomic E-state index is 4.46. The van der Waals surface area contributed by atoms with Crippen molar-refractivity contribution in [1.29, 1.82) is 0 Å². The molecule has 2 heterocycles. The lowest BCUT2D eigenvalue weighted by Gasteiger charge is -2.23. The Morgan fingerprint density at radius 3 is 3.06 bits per heavy atom. The zero-order valence-electron chi connectivity index (χ0n) is 10.8. The Bertz CT molecular complexity index is 347. The molecule has 1 aliphatic rings. The van der Waals surface area contributed by atoms with Gasteiger partial charge < -0.3 is 5.32 Å². The normalized spacial score (nSPS) is 20.1. The summed E-state index contributed by atoms with van der Waals surface area (Å²) < 4.78 is 0. The van der Waals surface area contributed by atoms with Crippen molar-refractivity contribution in [3.8, 4) is 0 Å². The topological polar surface area (TPSA) is 41.1 Å². The van der Waals surface area contributed by atoms with Crippen LogP contribution in [0.15, 0.2) is 12.3 Å². The summed E-state index contributed by atoms with van der Waals surface area (Å²) in [5, 5.41) is 3.54. The van der Waals surface area contributed by atoms with E-state index < -0.39 is 0 Å². The van der Waals surface area contributed by atoms with Crippen LogP contribution in [0.1, 0.15) is 31.3 Å². The van der Waals surface area contributed by atoms with Crippen LogP contribution >= 0.6 is 0 Å². The molecule has 0 saturated carbocycles. The Morgan fingerprint density at radius 1 is 1.53 bits per heavy atom. The molecule has 1 fully saturated rings. The fourth-order valence-corrected chi connectivity index (χ4v) is 2.35. The van der Waals surface area contributed by atoms with E-state index in [1.165, 1.54) is 19.4 Å². The van der Waals surface area contributed by atoms with Gasteiger partial charge in [0.1, 0.15) is 5.82 Å². The highest BCUT2D eigenvalue weighted by Crippen LogP contribution is 2.09. The molecule has 0 aromatic carbocycles. The van der Waals surface area contributed by atoms with Gasteiger partial charge in [-0.05, 0) is 38.9 Å². The van der Waals surface area contributed by atoms with Gasteiger partial charge in [0, 0.05) is 25.3 Å². The first-order valence-electron chi connectivity index (χ1n) is 6.52. The molecular formula is C13H22N4. The highest BCUT2D eigenvalue weighted by molar-refractivity contribution is 5.01. The van der Waals surface area contributed by atoms with Gasteiger partial charge >= 0.3 is 0 Å². The SMILES string of the molecule is CCN(Cc1ccnc(C)n1)CC1CCCN1. The molecule has 17 heavy (non-hydrogen) atoms. The lowest BCUT2D eigenvalue weighted by Crippen LogP contribution is -2.37. The minimum atomic E-state index is 0.665. The summed E-state index contributed by atoms with van der Waals surface area (Å²) in [5.41, 5.74) is 1.12. The molecule has 1 unspecified atom stereocenters. The third kappa shape index (κ3) is 3.75. The fourth-order valence-electron chi connectivity index (χ4n) is 2.35. The maximum absolute atomic E-state index is 4.46. The fraction of sp³-hybridized carbons (Fsp3) is 0.692. The van der Waals surface area contributed by atoms with Gasteiger partial charge in [0.25, 0.3) is 0 Å². The van der Waals surface area contributed by atoms with E-state index in [1.807, 2.05) is 19.2 Å². The minimum Gasteiger partial charge on any atom is -0.313 e. The van der Waals surface area contributed by atoms with E-state index in [0.29, 0.717) is 6.04 Å². The van der Waals surface area contributed by atoms with E-state index in [-0.39, 0.29) is 0 Å². The summed E-state index contributed by atoms with van der Waals surface area (Å²) in [5.74, 6) is 0.859. The first-order valence-corrected chi connectivity index (χ1v) is 6.52. The van der Waals surface area contributed by atoms with Gasteiger partial charge in [0.2, 0.25) is 0 Å². The van der Waals surface area contributed by atoms with Crippen LogP contribution in [0.3, 0.4) is 0 Å². The van der Waals surface area contributed by atoms with Crippen LogP contribution in [0, 0.1) is 6.92 Å². The Kier molecular flexibility index (Phi) is 4.45.